The van der Waals surface area contributed by atoms with Gasteiger partial charge in [0.2, 0.25) is 0 Å². The van der Waals surface area contributed by atoms with E-state index in [1.54, 1.807) is 6.26 Å². The van der Waals surface area contributed by atoms with E-state index in [0.29, 0.717) is 0 Å². The molecule has 0 spiro atoms. The zero-order valence-electron chi connectivity index (χ0n) is 10.7. The molecule has 17 heavy (non-hydrogen) atoms. The molecule has 0 saturated heterocycles. The Morgan fingerprint density at radius 2 is 1.88 bits per heavy atom. The van der Waals surface area contributed by atoms with Gasteiger partial charge in [0.25, 0.3) is 0 Å². The first kappa shape index (κ1) is 11.8. The molecule has 0 fully saturated rings. The lowest BCUT2D eigenvalue weighted by atomic mass is 10.1. The molecular weight excluding hydrogens is 210 g/mol. The molecule has 0 aliphatic heterocycles. The molecule has 0 bridgehead atoms. The second-order valence-corrected chi connectivity index (χ2v) is 4.50. The lowest BCUT2D eigenvalue weighted by Crippen LogP contribution is -2.08. The van der Waals surface area contributed by atoms with Crippen LogP contribution >= 0.6 is 0 Å². The van der Waals surface area contributed by atoms with Crippen LogP contribution in [0.4, 0.5) is 5.69 Å². The van der Waals surface area contributed by atoms with Crippen LogP contribution in [0.15, 0.2) is 41.0 Å². The second kappa shape index (κ2) is 5.09. The molecule has 2 nitrogen and oxygen atoms in total. The summed E-state index contributed by atoms with van der Waals surface area (Å²) < 4.78 is 5.46. The van der Waals surface area contributed by atoms with Crippen LogP contribution in [-0.2, 0) is 0 Å². The quantitative estimate of drug-likeness (QED) is 0.837. The zero-order chi connectivity index (χ0) is 12.3. The van der Waals surface area contributed by atoms with Crippen molar-refractivity contribution in [2.75, 3.05) is 5.32 Å². The van der Waals surface area contributed by atoms with Gasteiger partial charge in [-0.15, -0.1) is 0 Å². The van der Waals surface area contributed by atoms with Crippen molar-refractivity contribution in [3.63, 3.8) is 0 Å². The van der Waals surface area contributed by atoms with Crippen LogP contribution in [0.1, 0.15) is 36.3 Å². The smallest absolute Gasteiger partial charge is 0.125 e. The summed E-state index contributed by atoms with van der Waals surface area (Å²) in [5, 5.41) is 3.52. The van der Waals surface area contributed by atoms with Crippen molar-refractivity contribution in [2.24, 2.45) is 0 Å². The monoisotopic (exact) mass is 229 g/mol. The van der Waals surface area contributed by atoms with E-state index in [2.05, 4.69) is 44.3 Å². The fourth-order valence-electron chi connectivity index (χ4n) is 2.12. The summed E-state index contributed by atoms with van der Waals surface area (Å²) >= 11 is 0. The van der Waals surface area contributed by atoms with Gasteiger partial charge in [-0.05, 0) is 55.7 Å². The fourth-order valence-corrected chi connectivity index (χ4v) is 2.12. The highest BCUT2D eigenvalue weighted by molar-refractivity contribution is 5.49. The first-order valence-corrected chi connectivity index (χ1v) is 6.07. The molecule has 0 aliphatic rings. The number of anilines is 1. The van der Waals surface area contributed by atoms with Gasteiger partial charge in [0.05, 0.1) is 12.3 Å². The Kier molecular flexibility index (Phi) is 3.52. The first-order valence-electron chi connectivity index (χ1n) is 6.07. The van der Waals surface area contributed by atoms with Crippen LogP contribution in [0.3, 0.4) is 0 Å². The van der Waals surface area contributed by atoms with Crippen molar-refractivity contribution in [2.45, 2.75) is 33.2 Å². The molecule has 1 unspecified atom stereocenters. The van der Waals surface area contributed by atoms with E-state index in [4.69, 9.17) is 4.42 Å². The predicted octanol–water partition coefficient (Wildman–Crippen LogP) is 4.46. The van der Waals surface area contributed by atoms with E-state index in [1.807, 2.05) is 12.1 Å². The molecule has 0 saturated carbocycles. The van der Waals surface area contributed by atoms with Crippen molar-refractivity contribution < 1.29 is 4.42 Å². The average molecular weight is 229 g/mol. The molecular formula is C15H19NO. The van der Waals surface area contributed by atoms with Gasteiger partial charge in [-0.2, -0.15) is 0 Å². The highest BCUT2D eigenvalue weighted by Crippen LogP contribution is 2.24. The Bertz CT molecular complexity index is 453. The maximum absolute atomic E-state index is 5.46. The molecule has 1 aromatic carbocycles. The molecule has 2 rings (SSSR count). The van der Waals surface area contributed by atoms with Crippen LogP contribution < -0.4 is 5.32 Å². The molecule has 2 aromatic rings. The third-order valence-electron chi connectivity index (χ3n) is 2.86. The van der Waals surface area contributed by atoms with Gasteiger partial charge in [-0.25, -0.2) is 0 Å². The van der Waals surface area contributed by atoms with E-state index < -0.39 is 0 Å². The van der Waals surface area contributed by atoms with Crippen molar-refractivity contribution >= 4 is 5.69 Å². The molecule has 2 heteroatoms. The first-order chi connectivity index (χ1) is 8.19. The fraction of sp³-hybridized carbons (Fsp3) is 0.333. The lowest BCUT2D eigenvalue weighted by Gasteiger charge is -2.17. The van der Waals surface area contributed by atoms with Crippen LogP contribution in [0.5, 0.6) is 0 Å². The van der Waals surface area contributed by atoms with Gasteiger partial charge in [0.15, 0.2) is 0 Å². The molecule has 90 valence electrons. The van der Waals surface area contributed by atoms with Crippen molar-refractivity contribution in [1.29, 1.82) is 0 Å². The molecule has 0 amide bonds. The van der Waals surface area contributed by atoms with Gasteiger partial charge in [0.1, 0.15) is 5.76 Å². The van der Waals surface area contributed by atoms with Gasteiger partial charge >= 0.3 is 0 Å². The second-order valence-electron chi connectivity index (χ2n) is 4.50. The molecule has 1 N–H and O–H groups in total. The van der Waals surface area contributed by atoms with Crippen molar-refractivity contribution in [1.82, 2.24) is 0 Å². The minimum absolute atomic E-state index is 0.242. The SMILES string of the molecule is CCC(Nc1cc(C)cc(C)c1)c1ccco1. The van der Waals surface area contributed by atoms with Crippen molar-refractivity contribution in [3.8, 4) is 0 Å². The van der Waals surface area contributed by atoms with Gasteiger partial charge in [0, 0.05) is 5.69 Å². The summed E-state index contributed by atoms with van der Waals surface area (Å²) in [4.78, 5) is 0. The summed E-state index contributed by atoms with van der Waals surface area (Å²) in [6.45, 7) is 6.39. The Balaban J connectivity index is 2.18. The number of benzene rings is 1. The maximum Gasteiger partial charge on any atom is 0.125 e. The molecule has 1 heterocycles. The van der Waals surface area contributed by atoms with Crippen LogP contribution in [0.25, 0.3) is 0 Å². The van der Waals surface area contributed by atoms with Crippen molar-refractivity contribution in [3.05, 3.63) is 53.5 Å². The van der Waals surface area contributed by atoms with Crippen LogP contribution in [0.2, 0.25) is 0 Å². The third kappa shape index (κ3) is 2.90. The third-order valence-corrected chi connectivity index (χ3v) is 2.86. The van der Waals surface area contributed by atoms with E-state index in [9.17, 15) is 0 Å². The summed E-state index contributed by atoms with van der Waals surface area (Å²) in [6.07, 6.45) is 2.72. The number of nitrogens with one attached hydrogen (secondary N) is 1. The minimum atomic E-state index is 0.242. The summed E-state index contributed by atoms with van der Waals surface area (Å²) in [7, 11) is 0. The highest BCUT2D eigenvalue weighted by atomic mass is 16.3. The number of hydrogen-bond acceptors (Lipinski definition) is 2. The Morgan fingerprint density at radius 3 is 2.41 bits per heavy atom. The average Bonchev–Trinajstić information content (AvgIpc) is 2.77. The van der Waals surface area contributed by atoms with Gasteiger partial charge in [-0.1, -0.05) is 13.0 Å². The number of rotatable bonds is 4. The lowest BCUT2D eigenvalue weighted by molar-refractivity contribution is 0.474. The summed E-state index contributed by atoms with van der Waals surface area (Å²) in [5.41, 5.74) is 3.72. The van der Waals surface area contributed by atoms with Crippen LogP contribution in [-0.4, -0.2) is 0 Å². The summed E-state index contributed by atoms with van der Waals surface area (Å²) in [5.74, 6) is 0.992. The maximum atomic E-state index is 5.46. The largest absolute Gasteiger partial charge is 0.467 e. The molecule has 1 atom stereocenters. The number of furan rings is 1. The Morgan fingerprint density at radius 1 is 1.18 bits per heavy atom. The summed E-state index contributed by atoms with van der Waals surface area (Å²) in [6, 6.07) is 10.7. The molecule has 0 radical (unpaired) electrons. The standard InChI is InChI=1S/C15H19NO/c1-4-14(15-6-5-7-17-15)16-13-9-11(2)8-12(3)10-13/h5-10,14,16H,4H2,1-3H3. The van der Waals surface area contributed by atoms with Gasteiger partial charge in [-0.3, -0.25) is 0 Å². The van der Waals surface area contributed by atoms with E-state index in [1.165, 1.54) is 11.1 Å². The number of hydrogen-bond donors (Lipinski definition) is 1. The van der Waals surface area contributed by atoms with Gasteiger partial charge < -0.3 is 9.73 Å². The molecule has 1 aromatic heterocycles. The van der Waals surface area contributed by atoms with E-state index in [0.717, 1.165) is 17.9 Å². The minimum Gasteiger partial charge on any atom is -0.467 e. The normalized spacial score (nSPS) is 12.4. The molecule has 0 aliphatic carbocycles. The van der Waals surface area contributed by atoms with E-state index >= 15 is 0 Å². The Hall–Kier alpha value is -1.70. The van der Waals surface area contributed by atoms with E-state index in [-0.39, 0.29) is 6.04 Å². The van der Waals surface area contributed by atoms with Crippen LogP contribution in [0, 0.1) is 13.8 Å². The predicted molar refractivity (Wildman–Crippen MR) is 71.3 cm³/mol. The zero-order valence-corrected chi connectivity index (χ0v) is 10.7. The number of aryl methyl sites for hydroxylation is 2. The highest BCUT2D eigenvalue weighted by Gasteiger charge is 2.11. The topological polar surface area (TPSA) is 25.2 Å². The Labute approximate surface area is 103 Å².